The molecule has 2 nitrogen and oxygen atoms in total. The van der Waals surface area contributed by atoms with Gasteiger partial charge in [-0.2, -0.15) is 0 Å². The fourth-order valence-corrected chi connectivity index (χ4v) is 1.81. The van der Waals surface area contributed by atoms with Gasteiger partial charge < -0.3 is 10.1 Å². The fourth-order valence-electron chi connectivity index (χ4n) is 1.63. The summed E-state index contributed by atoms with van der Waals surface area (Å²) in [7, 11) is 0. The van der Waals surface area contributed by atoms with E-state index in [0.717, 1.165) is 22.9 Å². The Labute approximate surface area is 113 Å². The molecule has 1 aliphatic heterocycles. The highest BCUT2D eigenvalue weighted by molar-refractivity contribution is 6.30. The number of rotatable bonds is 3. The second kappa shape index (κ2) is 6.29. The molecule has 0 atom stereocenters. The normalized spacial score (nSPS) is 13.5. The molecule has 0 spiro atoms. The maximum Gasteiger partial charge on any atom is 0.127 e. The Hall–Kier alpha value is -0.700. The zero-order valence-electron chi connectivity index (χ0n) is 10.00. The highest BCUT2D eigenvalue weighted by atomic mass is 35.5. The molecule has 1 aromatic carbocycles. The van der Waals surface area contributed by atoms with E-state index in [1.807, 2.05) is 18.2 Å². The average Bonchev–Trinajstić information content (AvgIpc) is 2.25. The number of fused-ring (bicyclic) bond motifs is 1. The minimum atomic E-state index is 0. The number of nitrogens with one attached hydrogen (secondary N) is 1. The van der Waals surface area contributed by atoms with E-state index in [-0.39, 0.29) is 12.4 Å². The lowest BCUT2D eigenvalue weighted by atomic mass is 10.1. The van der Waals surface area contributed by atoms with Gasteiger partial charge in [0.05, 0.1) is 0 Å². The second-order valence-electron chi connectivity index (χ2n) is 4.31. The predicted octanol–water partition coefficient (Wildman–Crippen LogP) is 3.54. The summed E-state index contributed by atoms with van der Waals surface area (Å²) in [6.45, 7) is 5.79. The van der Waals surface area contributed by atoms with Crippen LogP contribution in [-0.4, -0.2) is 19.2 Å². The molecule has 0 radical (unpaired) electrons. The lowest BCUT2D eigenvalue weighted by Gasteiger charge is -2.19. The van der Waals surface area contributed by atoms with E-state index >= 15 is 0 Å². The molecule has 0 amide bonds. The Morgan fingerprint density at radius 2 is 2.18 bits per heavy atom. The van der Waals surface area contributed by atoms with Gasteiger partial charge in [-0.05, 0) is 29.8 Å². The van der Waals surface area contributed by atoms with E-state index in [9.17, 15) is 0 Å². The summed E-state index contributed by atoms with van der Waals surface area (Å²) in [6, 6.07) is 6.19. The van der Waals surface area contributed by atoms with Crippen LogP contribution in [0.1, 0.15) is 19.4 Å². The van der Waals surface area contributed by atoms with E-state index in [2.05, 4.69) is 25.2 Å². The van der Waals surface area contributed by atoms with Crippen LogP contribution in [0, 0.1) is 0 Å². The van der Waals surface area contributed by atoms with Crippen molar-refractivity contribution in [3.8, 4) is 5.75 Å². The molecule has 2 rings (SSSR count). The van der Waals surface area contributed by atoms with Crippen molar-refractivity contribution in [1.29, 1.82) is 0 Å². The first-order valence-electron chi connectivity index (χ1n) is 5.50. The Kier molecular flexibility index (Phi) is 5.31. The maximum atomic E-state index is 5.95. The minimum Gasteiger partial charge on any atom is -0.489 e. The van der Waals surface area contributed by atoms with Crippen molar-refractivity contribution >= 4 is 30.1 Å². The molecule has 0 aliphatic carbocycles. The molecule has 4 heteroatoms. The molecule has 0 bridgehead atoms. The highest BCUT2D eigenvalue weighted by Crippen LogP contribution is 2.28. The van der Waals surface area contributed by atoms with Gasteiger partial charge in [0.1, 0.15) is 12.4 Å². The summed E-state index contributed by atoms with van der Waals surface area (Å²) in [6.07, 6.45) is 2.15. The van der Waals surface area contributed by atoms with E-state index in [1.54, 1.807) is 0 Å². The van der Waals surface area contributed by atoms with Crippen LogP contribution in [0.5, 0.6) is 5.75 Å². The molecule has 1 aromatic rings. The maximum absolute atomic E-state index is 5.95. The zero-order chi connectivity index (χ0) is 11.5. The number of benzene rings is 1. The van der Waals surface area contributed by atoms with Crippen molar-refractivity contribution in [2.24, 2.45) is 0 Å². The van der Waals surface area contributed by atoms with E-state index in [0.29, 0.717) is 12.6 Å². The van der Waals surface area contributed by atoms with Gasteiger partial charge in [0, 0.05) is 23.2 Å². The number of hydrogen-bond acceptors (Lipinski definition) is 2. The van der Waals surface area contributed by atoms with Gasteiger partial charge in [-0.1, -0.05) is 25.4 Å². The number of halogens is 2. The first-order chi connectivity index (χ1) is 7.65. The zero-order valence-corrected chi connectivity index (χ0v) is 11.6. The molecule has 1 aliphatic rings. The first-order valence-corrected chi connectivity index (χ1v) is 5.88. The third kappa shape index (κ3) is 3.91. The summed E-state index contributed by atoms with van der Waals surface area (Å²) >= 11 is 5.95. The fraction of sp³-hybridized carbons (Fsp3) is 0.385. The summed E-state index contributed by atoms with van der Waals surface area (Å²) in [5.41, 5.74) is 2.32. The first kappa shape index (κ1) is 14.4. The topological polar surface area (TPSA) is 21.3 Å². The molecule has 0 unspecified atom stereocenters. The second-order valence-corrected chi connectivity index (χ2v) is 4.75. The molecule has 0 saturated heterocycles. The van der Waals surface area contributed by atoms with Crippen molar-refractivity contribution in [3.05, 3.63) is 34.4 Å². The van der Waals surface area contributed by atoms with Gasteiger partial charge in [-0.3, -0.25) is 0 Å². The van der Waals surface area contributed by atoms with Crippen LogP contribution < -0.4 is 10.1 Å². The molecule has 0 aromatic heterocycles. The largest absolute Gasteiger partial charge is 0.489 e. The van der Waals surface area contributed by atoms with Crippen LogP contribution >= 0.6 is 24.0 Å². The Morgan fingerprint density at radius 1 is 1.41 bits per heavy atom. The predicted molar refractivity (Wildman–Crippen MR) is 75.3 cm³/mol. The molecule has 0 saturated carbocycles. The Balaban J connectivity index is 0.00000144. The summed E-state index contributed by atoms with van der Waals surface area (Å²) in [4.78, 5) is 0. The van der Waals surface area contributed by atoms with Crippen LogP contribution in [0.3, 0.4) is 0 Å². The van der Waals surface area contributed by atoms with Crippen molar-refractivity contribution in [2.75, 3.05) is 13.2 Å². The summed E-state index contributed by atoms with van der Waals surface area (Å²) < 4.78 is 5.66. The van der Waals surface area contributed by atoms with Crippen molar-refractivity contribution < 1.29 is 4.74 Å². The van der Waals surface area contributed by atoms with Crippen LogP contribution in [0.15, 0.2) is 23.8 Å². The lowest BCUT2D eigenvalue weighted by Crippen LogP contribution is -2.27. The van der Waals surface area contributed by atoms with Gasteiger partial charge in [-0.15, -0.1) is 12.4 Å². The monoisotopic (exact) mass is 273 g/mol. The van der Waals surface area contributed by atoms with Gasteiger partial charge in [0.15, 0.2) is 0 Å². The third-order valence-corrected chi connectivity index (χ3v) is 2.72. The summed E-state index contributed by atoms with van der Waals surface area (Å²) in [5, 5.41) is 4.13. The number of ether oxygens (including phenoxy) is 1. The van der Waals surface area contributed by atoms with Gasteiger partial charge in [0.25, 0.3) is 0 Å². The van der Waals surface area contributed by atoms with Crippen LogP contribution in [0.2, 0.25) is 5.02 Å². The van der Waals surface area contributed by atoms with Crippen LogP contribution in [0.4, 0.5) is 0 Å². The van der Waals surface area contributed by atoms with Gasteiger partial charge in [0.2, 0.25) is 0 Å². The molecular formula is C13H17Cl2NO. The SMILES string of the molecule is CC(C)NCC1=Cc2cc(Cl)ccc2OC1.Cl. The standard InChI is InChI=1S/C13H16ClNO.ClH/c1-9(2)15-7-10-5-11-6-12(14)3-4-13(11)16-8-10;/h3-6,9,15H,7-8H2,1-2H3;1H. The molecule has 1 N–H and O–H groups in total. The summed E-state index contributed by atoms with van der Waals surface area (Å²) in [5.74, 6) is 0.915. The van der Waals surface area contributed by atoms with Crippen molar-refractivity contribution in [2.45, 2.75) is 19.9 Å². The van der Waals surface area contributed by atoms with Crippen molar-refractivity contribution in [3.63, 3.8) is 0 Å². The molecule has 1 heterocycles. The number of hydrogen-bond donors (Lipinski definition) is 1. The lowest BCUT2D eigenvalue weighted by molar-refractivity contribution is 0.342. The van der Waals surface area contributed by atoms with Gasteiger partial charge in [-0.25, -0.2) is 0 Å². The Bertz CT molecular complexity index is 416. The molecule has 17 heavy (non-hydrogen) atoms. The molecular weight excluding hydrogens is 257 g/mol. The van der Waals surface area contributed by atoms with Crippen molar-refractivity contribution in [1.82, 2.24) is 5.32 Å². The molecule has 0 fully saturated rings. The van der Waals surface area contributed by atoms with E-state index < -0.39 is 0 Å². The average molecular weight is 274 g/mol. The molecule has 94 valence electrons. The minimum absolute atomic E-state index is 0. The highest BCUT2D eigenvalue weighted by Gasteiger charge is 2.11. The van der Waals surface area contributed by atoms with Crippen LogP contribution in [0.25, 0.3) is 6.08 Å². The van der Waals surface area contributed by atoms with E-state index in [1.165, 1.54) is 5.57 Å². The van der Waals surface area contributed by atoms with E-state index in [4.69, 9.17) is 16.3 Å². The van der Waals surface area contributed by atoms with Gasteiger partial charge >= 0.3 is 0 Å². The smallest absolute Gasteiger partial charge is 0.127 e. The Morgan fingerprint density at radius 3 is 2.88 bits per heavy atom. The quantitative estimate of drug-likeness (QED) is 0.910. The third-order valence-electron chi connectivity index (χ3n) is 2.48. The van der Waals surface area contributed by atoms with Crippen LogP contribution in [-0.2, 0) is 0 Å².